The van der Waals surface area contributed by atoms with Gasteiger partial charge in [0.1, 0.15) is 6.04 Å². The molecule has 1 rings (SSSR count). The summed E-state index contributed by atoms with van der Waals surface area (Å²) >= 11 is 0. The van der Waals surface area contributed by atoms with E-state index in [4.69, 9.17) is 10.5 Å². The number of carbonyl (C=O) groups excluding carboxylic acids is 1. The van der Waals surface area contributed by atoms with E-state index in [1.165, 1.54) is 0 Å². The maximum absolute atomic E-state index is 11.1. The summed E-state index contributed by atoms with van der Waals surface area (Å²) in [6, 6.07) is 7.43. The Kier molecular flexibility index (Phi) is 4.79. The van der Waals surface area contributed by atoms with Gasteiger partial charge in [-0.3, -0.25) is 4.79 Å². The highest BCUT2D eigenvalue weighted by molar-refractivity contribution is 5.82. The summed E-state index contributed by atoms with van der Waals surface area (Å²) in [6.07, 6.45) is 0.670. The number of anilines is 1. The number of carbonyl (C=O) groups is 1. The molecule has 1 atom stereocenters. The van der Waals surface area contributed by atoms with Crippen molar-refractivity contribution < 1.29 is 9.53 Å². The first-order valence-corrected chi connectivity index (χ1v) is 5.31. The zero-order valence-corrected chi connectivity index (χ0v) is 9.69. The predicted molar refractivity (Wildman–Crippen MR) is 64.1 cm³/mol. The second-order valence-electron chi connectivity index (χ2n) is 3.64. The Morgan fingerprint density at radius 1 is 1.56 bits per heavy atom. The first-order chi connectivity index (χ1) is 7.67. The van der Waals surface area contributed by atoms with Crippen molar-refractivity contribution in [1.82, 2.24) is 0 Å². The fourth-order valence-corrected chi connectivity index (χ4v) is 1.49. The molecule has 0 aliphatic rings. The van der Waals surface area contributed by atoms with Gasteiger partial charge < -0.3 is 15.8 Å². The second kappa shape index (κ2) is 6.12. The number of hydrogen-bond donors (Lipinski definition) is 2. The lowest BCUT2D eigenvalue weighted by molar-refractivity contribution is -0.118. The van der Waals surface area contributed by atoms with Gasteiger partial charge in [-0.2, -0.15) is 0 Å². The number of primary amides is 1. The monoisotopic (exact) mass is 222 g/mol. The first kappa shape index (κ1) is 12.5. The van der Waals surface area contributed by atoms with E-state index in [-0.39, 0.29) is 11.9 Å². The average molecular weight is 222 g/mol. The summed E-state index contributed by atoms with van der Waals surface area (Å²) in [5, 5.41) is 3.10. The third-order valence-electron chi connectivity index (χ3n) is 2.33. The number of amides is 1. The van der Waals surface area contributed by atoms with Crippen molar-refractivity contribution >= 4 is 11.6 Å². The maximum atomic E-state index is 11.1. The molecule has 1 aromatic rings. The van der Waals surface area contributed by atoms with Crippen LogP contribution in [0.4, 0.5) is 5.69 Å². The summed E-state index contributed by atoms with van der Waals surface area (Å²) in [5.74, 6) is -0.334. The summed E-state index contributed by atoms with van der Waals surface area (Å²) < 4.78 is 5.04. The molecule has 0 aliphatic carbocycles. The molecule has 0 spiro atoms. The number of nitrogens with one attached hydrogen (secondary N) is 1. The fourth-order valence-electron chi connectivity index (χ4n) is 1.49. The Bertz CT molecular complexity index is 353. The van der Waals surface area contributed by atoms with Gasteiger partial charge in [-0.1, -0.05) is 19.1 Å². The van der Waals surface area contributed by atoms with Crippen LogP contribution in [0.15, 0.2) is 24.3 Å². The second-order valence-corrected chi connectivity index (χ2v) is 3.64. The molecule has 88 valence electrons. The molecule has 1 unspecified atom stereocenters. The van der Waals surface area contributed by atoms with Gasteiger partial charge in [0.2, 0.25) is 5.91 Å². The Morgan fingerprint density at radius 3 is 2.88 bits per heavy atom. The van der Waals surface area contributed by atoms with E-state index in [0.29, 0.717) is 13.0 Å². The molecule has 0 heterocycles. The quantitative estimate of drug-likeness (QED) is 0.766. The zero-order valence-electron chi connectivity index (χ0n) is 9.69. The number of hydrogen-bond acceptors (Lipinski definition) is 3. The Balaban J connectivity index is 2.72. The minimum atomic E-state index is -0.334. The predicted octanol–water partition coefficient (Wildman–Crippen LogP) is 1.51. The molecule has 0 saturated heterocycles. The van der Waals surface area contributed by atoms with Gasteiger partial charge in [0.05, 0.1) is 6.61 Å². The molecule has 0 saturated carbocycles. The van der Waals surface area contributed by atoms with Gasteiger partial charge in [-0.15, -0.1) is 0 Å². The number of nitrogens with two attached hydrogens (primary N) is 1. The summed E-state index contributed by atoms with van der Waals surface area (Å²) in [4.78, 5) is 11.1. The minimum absolute atomic E-state index is 0.321. The van der Waals surface area contributed by atoms with Gasteiger partial charge in [0, 0.05) is 12.8 Å². The van der Waals surface area contributed by atoms with Crippen LogP contribution in [0.25, 0.3) is 0 Å². The number of rotatable bonds is 6. The number of ether oxygens (including phenoxy) is 1. The third-order valence-corrected chi connectivity index (χ3v) is 2.33. The van der Waals surface area contributed by atoms with Crippen LogP contribution in [-0.4, -0.2) is 19.1 Å². The molecule has 0 aliphatic heterocycles. The Labute approximate surface area is 95.8 Å². The normalized spacial score (nSPS) is 12.1. The van der Waals surface area contributed by atoms with E-state index in [1.54, 1.807) is 7.11 Å². The van der Waals surface area contributed by atoms with Crippen LogP contribution in [0.5, 0.6) is 0 Å². The van der Waals surface area contributed by atoms with Crippen LogP contribution < -0.4 is 11.1 Å². The first-order valence-electron chi connectivity index (χ1n) is 5.31. The van der Waals surface area contributed by atoms with Gasteiger partial charge in [-0.05, 0) is 24.1 Å². The standard InChI is InChI=1S/C12H18N2O2/c1-3-11(12(13)15)14-10-6-4-5-9(7-10)8-16-2/h4-7,11,14H,3,8H2,1-2H3,(H2,13,15). The molecule has 4 heteroatoms. The highest BCUT2D eigenvalue weighted by atomic mass is 16.5. The van der Waals surface area contributed by atoms with E-state index in [9.17, 15) is 4.79 Å². The lowest BCUT2D eigenvalue weighted by Crippen LogP contribution is -2.34. The summed E-state index contributed by atoms with van der Waals surface area (Å²) in [7, 11) is 1.65. The average Bonchev–Trinajstić information content (AvgIpc) is 2.26. The van der Waals surface area contributed by atoms with Crippen molar-refractivity contribution in [2.75, 3.05) is 12.4 Å². The van der Waals surface area contributed by atoms with E-state index in [2.05, 4.69) is 5.32 Å². The van der Waals surface area contributed by atoms with Crippen LogP contribution in [0.1, 0.15) is 18.9 Å². The van der Waals surface area contributed by atoms with Crippen molar-refractivity contribution in [3.63, 3.8) is 0 Å². The lowest BCUT2D eigenvalue weighted by atomic mass is 10.1. The topological polar surface area (TPSA) is 64.3 Å². The van der Waals surface area contributed by atoms with Crippen molar-refractivity contribution in [3.8, 4) is 0 Å². The molecular weight excluding hydrogens is 204 g/mol. The van der Waals surface area contributed by atoms with E-state index < -0.39 is 0 Å². The fraction of sp³-hybridized carbons (Fsp3) is 0.417. The summed E-state index contributed by atoms with van der Waals surface area (Å²) in [5.41, 5.74) is 7.22. The molecule has 0 radical (unpaired) electrons. The molecule has 1 amide bonds. The van der Waals surface area contributed by atoms with Gasteiger partial charge >= 0.3 is 0 Å². The van der Waals surface area contributed by atoms with Crippen molar-refractivity contribution in [3.05, 3.63) is 29.8 Å². The Hall–Kier alpha value is -1.55. The van der Waals surface area contributed by atoms with Gasteiger partial charge in [0.15, 0.2) is 0 Å². The molecular formula is C12H18N2O2. The number of methoxy groups -OCH3 is 1. The largest absolute Gasteiger partial charge is 0.380 e. The third kappa shape index (κ3) is 3.55. The molecule has 0 bridgehead atoms. The maximum Gasteiger partial charge on any atom is 0.239 e. The highest BCUT2D eigenvalue weighted by Gasteiger charge is 2.11. The smallest absolute Gasteiger partial charge is 0.239 e. The van der Waals surface area contributed by atoms with E-state index in [0.717, 1.165) is 11.3 Å². The molecule has 3 N–H and O–H groups in total. The van der Waals surface area contributed by atoms with Crippen molar-refractivity contribution in [1.29, 1.82) is 0 Å². The van der Waals surface area contributed by atoms with Crippen LogP contribution in [0, 0.1) is 0 Å². The van der Waals surface area contributed by atoms with E-state index >= 15 is 0 Å². The SMILES string of the molecule is CCC(Nc1cccc(COC)c1)C(N)=O. The van der Waals surface area contributed by atoms with Crippen LogP contribution >= 0.6 is 0 Å². The molecule has 16 heavy (non-hydrogen) atoms. The Morgan fingerprint density at radius 2 is 2.31 bits per heavy atom. The zero-order chi connectivity index (χ0) is 12.0. The van der Waals surface area contributed by atoms with Crippen LogP contribution in [0.3, 0.4) is 0 Å². The highest BCUT2D eigenvalue weighted by Crippen LogP contribution is 2.13. The summed E-state index contributed by atoms with van der Waals surface area (Å²) in [6.45, 7) is 2.48. The molecule has 0 aromatic heterocycles. The van der Waals surface area contributed by atoms with Crippen molar-refractivity contribution in [2.24, 2.45) is 5.73 Å². The minimum Gasteiger partial charge on any atom is -0.380 e. The van der Waals surface area contributed by atoms with Gasteiger partial charge in [0.25, 0.3) is 0 Å². The van der Waals surface area contributed by atoms with Crippen LogP contribution in [0.2, 0.25) is 0 Å². The van der Waals surface area contributed by atoms with Crippen LogP contribution in [-0.2, 0) is 16.1 Å². The van der Waals surface area contributed by atoms with E-state index in [1.807, 2.05) is 31.2 Å². The number of benzene rings is 1. The molecule has 0 fully saturated rings. The van der Waals surface area contributed by atoms with Gasteiger partial charge in [-0.25, -0.2) is 0 Å². The lowest BCUT2D eigenvalue weighted by Gasteiger charge is -2.15. The van der Waals surface area contributed by atoms with Crippen molar-refractivity contribution in [2.45, 2.75) is 26.0 Å². The molecule has 1 aromatic carbocycles. The molecule has 4 nitrogen and oxygen atoms in total.